The second-order valence-corrected chi connectivity index (χ2v) is 6.21. The number of hydrogen-bond acceptors (Lipinski definition) is 4. The van der Waals surface area contributed by atoms with Gasteiger partial charge in [0.2, 0.25) is 0 Å². The Hall–Kier alpha value is -1.59. The van der Waals surface area contributed by atoms with Crippen LogP contribution >= 0.6 is 0 Å². The highest BCUT2D eigenvalue weighted by Crippen LogP contribution is 2.23. The van der Waals surface area contributed by atoms with E-state index in [1.165, 1.54) is 12.8 Å². The Bertz CT molecular complexity index is 468. The zero-order chi connectivity index (χ0) is 15.2. The van der Waals surface area contributed by atoms with Gasteiger partial charge in [0.15, 0.2) is 0 Å². The number of nitrogens with one attached hydrogen (secondary N) is 2. The standard InChI is InChI=1S/C17H24N2O3/c20-17(21-12-13-6-2-1-3-7-13)18-14-10-15(11-14)19-22-16-8-4-5-9-16/h1-3,6-7,14-16,19H,4-5,8-12H2,(H,18,20). The van der Waals surface area contributed by atoms with Gasteiger partial charge in [-0.25, -0.2) is 4.79 Å². The van der Waals surface area contributed by atoms with Crippen molar-refractivity contribution >= 4 is 6.09 Å². The molecular formula is C17H24N2O3. The molecule has 0 heterocycles. The Morgan fingerprint density at radius 1 is 1.09 bits per heavy atom. The van der Waals surface area contributed by atoms with Gasteiger partial charge < -0.3 is 10.1 Å². The van der Waals surface area contributed by atoms with E-state index in [1.54, 1.807) is 0 Å². The van der Waals surface area contributed by atoms with Gasteiger partial charge in [-0.15, -0.1) is 0 Å². The number of amides is 1. The van der Waals surface area contributed by atoms with Crippen LogP contribution < -0.4 is 10.8 Å². The molecule has 5 heteroatoms. The van der Waals surface area contributed by atoms with Crippen molar-refractivity contribution in [3.05, 3.63) is 35.9 Å². The molecule has 0 atom stereocenters. The number of carbonyl (C=O) groups excluding carboxylic acids is 1. The quantitative estimate of drug-likeness (QED) is 0.793. The number of rotatable bonds is 6. The molecule has 22 heavy (non-hydrogen) atoms. The van der Waals surface area contributed by atoms with Crippen molar-refractivity contribution in [2.75, 3.05) is 0 Å². The highest BCUT2D eigenvalue weighted by molar-refractivity contribution is 5.67. The van der Waals surface area contributed by atoms with E-state index >= 15 is 0 Å². The average molecular weight is 304 g/mol. The van der Waals surface area contributed by atoms with Gasteiger partial charge in [0.25, 0.3) is 0 Å². The number of alkyl carbamates (subject to hydrolysis) is 1. The largest absolute Gasteiger partial charge is 0.445 e. The smallest absolute Gasteiger partial charge is 0.407 e. The molecule has 2 N–H and O–H groups in total. The van der Waals surface area contributed by atoms with Crippen LogP contribution in [0.5, 0.6) is 0 Å². The van der Waals surface area contributed by atoms with E-state index < -0.39 is 0 Å². The Balaban J connectivity index is 1.26. The van der Waals surface area contributed by atoms with E-state index in [0.717, 1.165) is 31.2 Å². The molecule has 0 unspecified atom stereocenters. The third-order valence-corrected chi connectivity index (χ3v) is 4.38. The molecule has 1 aromatic carbocycles. The summed E-state index contributed by atoms with van der Waals surface area (Å²) in [5.74, 6) is 0. The number of carbonyl (C=O) groups is 1. The minimum atomic E-state index is -0.344. The SMILES string of the molecule is O=C(NC1CC(NOC2CCCC2)C1)OCc1ccccc1. The summed E-state index contributed by atoms with van der Waals surface area (Å²) in [6, 6.07) is 10.2. The lowest BCUT2D eigenvalue weighted by molar-refractivity contribution is -0.0591. The molecule has 1 amide bonds. The molecule has 120 valence electrons. The van der Waals surface area contributed by atoms with Crippen LogP contribution in [0.2, 0.25) is 0 Å². The minimum Gasteiger partial charge on any atom is -0.445 e. The first-order valence-corrected chi connectivity index (χ1v) is 8.18. The van der Waals surface area contributed by atoms with Crippen molar-refractivity contribution in [1.82, 2.24) is 10.8 Å². The zero-order valence-corrected chi connectivity index (χ0v) is 12.8. The van der Waals surface area contributed by atoms with E-state index in [-0.39, 0.29) is 12.1 Å². The second kappa shape index (κ2) is 7.61. The first-order chi connectivity index (χ1) is 10.8. The van der Waals surface area contributed by atoms with Crippen LogP contribution in [-0.2, 0) is 16.2 Å². The maximum atomic E-state index is 11.7. The lowest BCUT2D eigenvalue weighted by Gasteiger charge is -2.36. The molecule has 0 bridgehead atoms. The molecule has 0 saturated heterocycles. The third-order valence-electron chi connectivity index (χ3n) is 4.38. The lowest BCUT2D eigenvalue weighted by Crippen LogP contribution is -2.52. The molecule has 2 aliphatic rings. The van der Waals surface area contributed by atoms with Crippen molar-refractivity contribution in [2.45, 2.75) is 63.3 Å². The predicted molar refractivity (Wildman–Crippen MR) is 83.0 cm³/mol. The summed E-state index contributed by atoms with van der Waals surface area (Å²) in [5, 5.41) is 2.89. The Kier molecular flexibility index (Phi) is 5.29. The summed E-state index contributed by atoms with van der Waals surface area (Å²) >= 11 is 0. The van der Waals surface area contributed by atoms with Gasteiger partial charge in [-0.1, -0.05) is 43.2 Å². The molecule has 0 radical (unpaired) electrons. The van der Waals surface area contributed by atoms with Crippen LogP contribution in [0, 0.1) is 0 Å². The van der Waals surface area contributed by atoms with E-state index in [2.05, 4.69) is 10.8 Å². The molecule has 1 aromatic rings. The number of hydroxylamine groups is 1. The van der Waals surface area contributed by atoms with Gasteiger partial charge in [-0.2, -0.15) is 5.48 Å². The fourth-order valence-corrected chi connectivity index (χ4v) is 2.96. The summed E-state index contributed by atoms with van der Waals surface area (Å²) in [6.07, 6.45) is 6.69. The average Bonchev–Trinajstić information content (AvgIpc) is 3.01. The molecule has 2 aliphatic carbocycles. The van der Waals surface area contributed by atoms with Crippen molar-refractivity contribution in [1.29, 1.82) is 0 Å². The summed E-state index contributed by atoms with van der Waals surface area (Å²) in [7, 11) is 0. The zero-order valence-electron chi connectivity index (χ0n) is 12.8. The van der Waals surface area contributed by atoms with E-state index in [1.807, 2.05) is 30.3 Å². The molecule has 5 nitrogen and oxygen atoms in total. The minimum absolute atomic E-state index is 0.188. The first kappa shape index (κ1) is 15.3. The van der Waals surface area contributed by atoms with Gasteiger partial charge in [-0.05, 0) is 31.2 Å². The molecule has 2 saturated carbocycles. The van der Waals surface area contributed by atoms with Gasteiger partial charge in [0.1, 0.15) is 6.61 Å². The topological polar surface area (TPSA) is 59.6 Å². The van der Waals surface area contributed by atoms with Crippen molar-refractivity contribution in [3.63, 3.8) is 0 Å². The molecule has 0 aromatic heterocycles. The van der Waals surface area contributed by atoms with E-state index in [0.29, 0.717) is 18.8 Å². The van der Waals surface area contributed by atoms with Gasteiger partial charge in [0.05, 0.1) is 6.10 Å². The van der Waals surface area contributed by atoms with E-state index in [9.17, 15) is 4.79 Å². The van der Waals surface area contributed by atoms with Crippen LogP contribution in [0.3, 0.4) is 0 Å². The number of ether oxygens (including phenoxy) is 1. The van der Waals surface area contributed by atoms with Gasteiger partial charge in [0, 0.05) is 12.1 Å². The maximum absolute atomic E-state index is 11.7. The van der Waals surface area contributed by atoms with E-state index in [4.69, 9.17) is 9.57 Å². The highest BCUT2D eigenvalue weighted by atomic mass is 16.7. The maximum Gasteiger partial charge on any atom is 0.407 e. The molecule has 0 aliphatic heterocycles. The Morgan fingerprint density at radius 3 is 2.55 bits per heavy atom. The van der Waals surface area contributed by atoms with Crippen LogP contribution in [0.15, 0.2) is 30.3 Å². The Labute approximate surface area is 131 Å². The van der Waals surface area contributed by atoms with Crippen molar-refractivity contribution in [2.24, 2.45) is 0 Å². The molecular weight excluding hydrogens is 280 g/mol. The van der Waals surface area contributed by atoms with Crippen LogP contribution in [0.25, 0.3) is 0 Å². The predicted octanol–water partition coefficient (Wildman–Crippen LogP) is 2.91. The summed E-state index contributed by atoms with van der Waals surface area (Å²) in [5.41, 5.74) is 4.13. The summed E-state index contributed by atoms with van der Waals surface area (Å²) in [4.78, 5) is 17.4. The number of hydrogen-bond donors (Lipinski definition) is 2. The monoisotopic (exact) mass is 304 g/mol. The van der Waals surface area contributed by atoms with Crippen LogP contribution in [-0.4, -0.2) is 24.3 Å². The molecule has 3 rings (SSSR count). The normalized spacial score (nSPS) is 24.7. The van der Waals surface area contributed by atoms with Gasteiger partial charge in [-0.3, -0.25) is 4.84 Å². The van der Waals surface area contributed by atoms with Gasteiger partial charge >= 0.3 is 6.09 Å². The van der Waals surface area contributed by atoms with Crippen molar-refractivity contribution < 1.29 is 14.4 Å². The highest BCUT2D eigenvalue weighted by Gasteiger charge is 2.31. The lowest BCUT2D eigenvalue weighted by atomic mass is 9.87. The third kappa shape index (κ3) is 4.45. The fourth-order valence-electron chi connectivity index (χ4n) is 2.96. The number of benzene rings is 1. The summed E-state index contributed by atoms with van der Waals surface area (Å²) in [6.45, 7) is 0.311. The molecule has 2 fully saturated rings. The van der Waals surface area contributed by atoms with Crippen LogP contribution in [0.4, 0.5) is 4.79 Å². The fraction of sp³-hybridized carbons (Fsp3) is 0.588. The Morgan fingerprint density at radius 2 is 1.82 bits per heavy atom. The second-order valence-electron chi connectivity index (χ2n) is 6.21. The van der Waals surface area contributed by atoms with Crippen LogP contribution in [0.1, 0.15) is 44.1 Å². The molecule has 0 spiro atoms. The van der Waals surface area contributed by atoms with Crippen molar-refractivity contribution in [3.8, 4) is 0 Å². The summed E-state index contributed by atoms with van der Waals surface area (Å²) < 4.78 is 5.21. The first-order valence-electron chi connectivity index (χ1n) is 8.18.